The van der Waals surface area contributed by atoms with Crippen LogP contribution in [-0.4, -0.2) is 44.1 Å². The number of carbonyl (C=O) groups excluding carboxylic acids is 2. The van der Waals surface area contributed by atoms with E-state index < -0.39 is 24.0 Å². The standard InChI is InChI=1S/C31H33Cl2N3O7/c1-18(2)11-24(35-30(37)19(3)43-25-10-7-22(32)14-23(25)33)31(38)36-34-15-20-5-8-26(28(12-20)39-4)40-16-21-6-9-27-29(13-21)42-17-41-27/h5-10,12-15,18-19,24H,11,16-17H2,1-4H3,(H,35,37)(H,36,38)/b34-15-/t19-,24+/m0/s1. The lowest BCUT2D eigenvalue weighted by atomic mass is 10.0. The number of hydrazone groups is 1. The molecule has 2 N–H and O–H groups in total. The van der Waals surface area contributed by atoms with E-state index in [9.17, 15) is 9.59 Å². The summed E-state index contributed by atoms with van der Waals surface area (Å²) in [7, 11) is 1.54. The Morgan fingerprint density at radius 3 is 2.47 bits per heavy atom. The van der Waals surface area contributed by atoms with E-state index in [4.69, 9.17) is 46.9 Å². The second kappa shape index (κ2) is 14.8. The second-order valence-corrected chi connectivity index (χ2v) is 11.0. The van der Waals surface area contributed by atoms with Gasteiger partial charge < -0.3 is 29.0 Å². The Bertz CT molecular complexity index is 1480. The lowest BCUT2D eigenvalue weighted by Gasteiger charge is -2.22. The van der Waals surface area contributed by atoms with Crippen LogP contribution in [0.25, 0.3) is 0 Å². The first-order chi connectivity index (χ1) is 20.6. The average molecular weight is 631 g/mol. The number of benzene rings is 3. The Morgan fingerprint density at radius 2 is 1.72 bits per heavy atom. The number of halogens is 2. The van der Waals surface area contributed by atoms with Gasteiger partial charge in [0.05, 0.1) is 18.3 Å². The quantitative estimate of drug-likeness (QED) is 0.182. The van der Waals surface area contributed by atoms with Gasteiger partial charge in [0.25, 0.3) is 11.8 Å². The van der Waals surface area contributed by atoms with E-state index in [1.807, 2.05) is 32.0 Å². The van der Waals surface area contributed by atoms with Crippen LogP contribution in [0.4, 0.5) is 0 Å². The molecule has 0 saturated heterocycles. The Morgan fingerprint density at radius 1 is 0.953 bits per heavy atom. The zero-order valence-corrected chi connectivity index (χ0v) is 25.7. The monoisotopic (exact) mass is 629 g/mol. The van der Waals surface area contributed by atoms with E-state index in [1.54, 1.807) is 37.3 Å². The minimum Gasteiger partial charge on any atom is -0.493 e. The predicted molar refractivity (Wildman–Crippen MR) is 164 cm³/mol. The minimum absolute atomic E-state index is 0.122. The molecule has 12 heteroatoms. The van der Waals surface area contributed by atoms with Gasteiger partial charge in [-0.3, -0.25) is 9.59 Å². The van der Waals surface area contributed by atoms with Crippen molar-refractivity contribution in [2.45, 2.75) is 45.9 Å². The Kier molecular flexibility index (Phi) is 11.0. The number of carbonyl (C=O) groups is 2. The van der Waals surface area contributed by atoms with Crippen molar-refractivity contribution in [3.8, 4) is 28.7 Å². The molecule has 4 rings (SSSR count). The fourth-order valence-corrected chi connectivity index (χ4v) is 4.58. The molecule has 3 aromatic carbocycles. The summed E-state index contributed by atoms with van der Waals surface area (Å²) < 4.78 is 27.9. The van der Waals surface area contributed by atoms with Crippen molar-refractivity contribution in [2.24, 2.45) is 11.0 Å². The van der Waals surface area contributed by atoms with Gasteiger partial charge in [-0.25, -0.2) is 5.43 Å². The highest BCUT2D eigenvalue weighted by atomic mass is 35.5. The first-order valence-corrected chi connectivity index (χ1v) is 14.3. The fraction of sp³-hybridized carbons (Fsp3) is 0.323. The molecule has 0 radical (unpaired) electrons. The lowest BCUT2D eigenvalue weighted by Crippen LogP contribution is -2.49. The average Bonchev–Trinajstić information content (AvgIpc) is 3.45. The molecule has 0 spiro atoms. The molecule has 1 heterocycles. The van der Waals surface area contributed by atoms with Crippen molar-refractivity contribution in [1.29, 1.82) is 0 Å². The highest BCUT2D eigenvalue weighted by molar-refractivity contribution is 6.35. The number of rotatable bonds is 13. The smallest absolute Gasteiger partial charge is 0.262 e. The van der Waals surface area contributed by atoms with Crippen molar-refractivity contribution in [3.63, 3.8) is 0 Å². The maximum atomic E-state index is 13.0. The number of ether oxygens (including phenoxy) is 5. The molecule has 2 atom stereocenters. The van der Waals surface area contributed by atoms with Gasteiger partial charge in [-0.15, -0.1) is 0 Å². The number of hydrogen-bond acceptors (Lipinski definition) is 8. The van der Waals surface area contributed by atoms with E-state index in [0.717, 1.165) is 5.56 Å². The molecule has 0 bridgehead atoms. The first-order valence-electron chi connectivity index (χ1n) is 13.6. The van der Waals surface area contributed by atoms with Gasteiger partial charge in [0.15, 0.2) is 29.1 Å². The summed E-state index contributed by atoms with van der Waals surface area (Å²) >= 11 is 12.1. The van der Waals surface area contributed by atoms with Crippen LogP contribution in [-0.2, 0) is 16.2 Å². The Hall–Kier alpha value is -4.15. The molecule has 0 fully saturated rings. The van der Waals surface area contributed by atoms with Gasteiger partial charge in [-0.1, -0.05) is 43.1 Å². The fourth-order valence-electron chi connectivity index (χ4n) is 4.13. The van der Waals surface area contributed by atoms with Gasteiger partial charge in [-0.2, -0.15) is 5.10 Å². The van der Waals surface area contributed by atoms with Crippen molar-refractivity contribution < 1.29 is 33.3 Å². The van der Waals surface area contributed by atoms with Crippen LogP contribution in [0.3, 0.4) is 0 Å². The largest absolute Gasteiger partial charge is 0.493 e. The van der Waals surface area contributed by atoms with E-state index >= 15 is 0 Å². The third-order valence-electron chi connectivity index (χ3n) is 6.31. The molecule has 0 unspecified atom stereocenters. The summed E-state index contributed by atoms with van der Waals surface area (Å²) in [6, 6.07) is 14.8. The minimum atomic E-state index is -0.914. The molecule has 2 amide bonds. The van der Waals surface area contributed by atoms with Gasteiger partial charge in [0.1, 0.15) is 18.4 Å². The summed E-state index contributed by atoms with van der Waals surface area (Å²) in [6.45, 7) is 5.98. The van der Waals surface area contributed by atoms with Gasteiger partial charge >= 0.3 is 0 Å². The SMILES string of the molecule is COc1cc(/C=N\NC(=O)[C@@H](CC(C)C)NC(=O)[C@H](C)Oc2ccc(Cl)cc2Cl)ccc1OCc1ccc2c(c1)OCO2. The molecule has 43 heavy (non-hydrogen) atoms. The van der Waals surface area contributed by atoms with Crippen molar-refractivity contribution in [2.75, 3.05) is 13.9 Å². The third kappa shape index (κ3) is 8.92. The maximum absolute atomic E-state index is 13.0. The molecule has 10 nitrogen and oxygen atoms in total. The van der Waals surface area contributed by atoms with E-state index in [-0.39, 0.29) is 17.7 Å². The Labute approximate surface area is 260 Å². The highest BCUT2D eigenvalue weighted by Crippen LogP contribution is 2.34. The van der Waals surface area contributed by atoms with Crippen LogP contribution < -0.4 is 34.4 Å². The van der Waals surface area contributed by atoms with E-state index in [1.165, 1.54) is 19.4 Å². The van der Waals surface area contributed by atoms with Crippen LogP contribution in [0.5, 0.6) is 28.7 Å². The molecule has 0 saturated carbocycles. The molecule has 1 aliphatic rings. The normalized spacial score (nSPS) is 13.5. The van der Waals surface area contributed by atoms with Crippen molar-refractivity contribution in [1.82, 2.24) is 10.7 Å². The molecule has 0 aliphatic carbocycles. The number of hydrogen-bond donors (Lipinski definition) is 2. The molecular formula is C31H33Cl2N3O7. The Balaban J connectivity index is 1.33. The third-order valence-corrected chi connectivity index (χ3v) is 6.84. The van der Waals surface area contributed by atoms with Crippen LogP contribution in [0.2, 0.25) is 10.0 Å². The topological polar surface area (TPSA) is 117 Å². The summed E-state index contributed by atoms with van der Waals surface area (Å²) in [5.74, 6) is 1.91. The molecule has 228 valence electrons. The lowest BCUT2D eigenvalue weighted by molar-refractivity contribution is -0.132. The van der Waals surface area contributed by atoms with E-state index in [2.05, 4.69) is 15.8 Å². The number of nitrogens with zero attached hydrogens (tertiary/aromatic N) is 1. The highest BCUT2D eigenvalue weighted by Gasteiger charge is 2.25. The van der Waals surface area contributed by atoms with Crippen molar-refractivity contribution in [3.05, 3.63) is 75.8 Å². The van der Waals surface area contributed by atoms with E-state index in [0.29, 0.717) is 52.4 Å². The number of methoxy groups -OCH3 is 1. The van der Waals surface area contributed by atoms with Gasteiger partial charge in [0.2, 0.25) is 6.79 Å². The first kappa shape index (κ1) is 31.8. The maximum Gasteiger partial charge on any atom is 0.262 e. The number of amides is 2. The zero-order valence-electron chi connectivity index (χ0n) is 24.2. The zero-order chi connectivity index (χ0) is 30.9. The molecule has 0 aromatic heterocycles. The molecule has 1 aliphatic heterocycles. The predicted octanol–water partition coefficient (Wildman–Crippen LogP) is 5.76. The number of nitrogens with one attached hydrogen (secondary N) is 2. The second-order valence-electron chi connectivity index (χ2n) is 10.1. The number of fused-ring (bicyclic) bond motifs is 1. The van der Waals surface area contributed by atoms with Crippen LogP contribution in [0.15, 0.2) is 59.7 Å². The van der Waals surface area contributed by atoms with Crippen LogP contribution in [0.1, 0.15) is 38.3 Å². The summed E-state index contributed by atoms with van der Waals surface area (Å²) in [6.07, 6.45) is 0.956. The summed E-state index contributed by atoms with van der Waals surface area (Å²) in [5, 5.41) is 7.55. The summed E-state index contributed by atoms with van der Waals surface area (Å²) in [5.41, 5.74) is 4.09. The molecular weight excluding hydrogens is 597 g/mol. The summed E-state index contributed by atoms with van der Waals surface area (Å²) in [4.78, 5) is 25.8. The molecule has 3 aromatic rings. The van der Waals surface area contributed by atoms with Crippen LogP contribution >= 0.6 is 23.2 Å². The van der Waals surface area contributed by atoms with Gasteiger partial charge in [-0.05, 0) is 78.9 Å². The van der Waals surface area contributed by atoms with Crippen molar-refractivity contribution >= 4 is 41.2 Å². The van der Waals surface area contributed by atoms with Crippen LogP contribution in [0, 0.1) is 5.92 Å². The van der Waals surface area contributed by atoms with Gasteiger partial charge in [0, 0.05) is 5.02 Å².